The number of anilines is 1. The van der Waals surface area contributed by atoms with Crippen LogP contribution in [-0.4, -0.2) is 33.4 Å². The van der Waals surface area contributed by atoms with E-state index in [0.717, 1.165) is 17.7 Å². The van der Waals surface area contributed by atoms with Crippen LogP contribution in [0.1, 0.15) is 33.6 Å². The van der Waals surface area contributed by atoms with Crippen molar-refractivity contribution in [1.82, 2.24) is 14.8 Å². The van der Waals surface area contributed by atoms with Crippen LogP contribution >= 0.6 is 0 Å². The molecule has 0 saturated carbocycles. The molecule has 0 aliphatic carbocycles. The number of hydrogen-bond donors (Lipinski definition) is 1. The van der Waals surface area contributed by atoms with E-state index in [1.54, 1.807) is 6.33 Å². The van der Waals surface area contributed by atoms with Crippen molar-refractivity contribution >= 4 is 11.6 Å². The van der Waals surface area contributed by atoms with Crippen molar-refractivity contribution in [3.8, 4) is 11.4 Å². The Kier molecular flexibility index (Phi) is 6.49. The first kappa shape index (κ1) is 18.1. The Morgan fingerprint density at radius 2 is 2.04 bits per heavy atom. The van der Waals surface area contributed by atoms with Gasteiger partial charge in [-0.2, -0.15) is 0 Å². The van der Waals surface area contributed by atoms with Gasteiger partial charge in [0.1, 0.15) is 6.33 Å². The van der Waals surface area contributed by atoms with Crippen LogP contribution in [0, 0.1) is 5.92 Å². The third kappa shape index (κ3) is 5.16. The van der Waals surface area contributed by atoms with E-state index >= 15 is 0 Å². The van der Waals surface area contributed by atoms with Crippen molar-refractivity contribution in [1.29, 1.82) is 0 Å². The monoisotopic (exact) mass is 330 g/mol. The lowest BCUT2D eigenvalue weighted by Crippen LogP contribution is -2.18. The van der Waals surface area contributed by atoms with Crippen LogP contribution < -0.4 is 5.32 Å². The maximum Gasteiger partial charge on any atom is 0.226 e. The van der Waals surface area contributed by atoms with Crippen LogP contribution in [-0.2, 0) is 16.6 Å². The van der Waals surface area contributed by atoms with Gasteiger partial charge in [-0.05, 0) is 31.4 Å². The third-order valence-corrected chi connectivity index (χ3v) is 3.69. The summed E-state index contributed by atoms with van der Waals surface area (Å²) in [4.78, 5) is 12.2. The molecule has 1 aromatic heterocycles. The summed E-state index contributed by atoms with van der Waals surface area (Å²) in [6, 6.07) is 7.58. The summed E-state index contributed by atoms with van der Waals surface area (Å²) in [6.45, 7) is 6.79. The molecule has 2 rings (SSSR count). The van der Waals surface area contributed by atoms with Gasteiger partial charge < -0.3 is 14.6 Å². The lowest BCUT2D eigenvalue weighted by atomic mass is 10.1. The first-order valence-corrected chi connectivity index (χ1v) is 8.32. The average molecular weight is 330 g/mol. The number of amides is 1. The number of nitrogens with zero attached hydrogens (tertiary/aromatic N) is 3. The summed E-state index contributed by atoms with van der Waals surface area (Å²) >= 11 is 0. The molecule has 0 bridgehead atoms. The number of aryl methyl sites for hydroxylation is 1. The fraction of sp³-hybridized carbons (Fsp3) is 0.500. The summed E-state index contributed by atoms with van der Waals surface area (Å²) < 4.78 is 7.52. The highest BCUT2D eigenvalue weighted by atomic mass is 16.5. The average Bonchev–Trinajstić information content (AvgIpc) is 2.93. The number of rotatable bonds is 8. The molecule has 1 N–H and O–H groups in total. The Bertz CT molecular complexity index is 667. The number of para-hydroxylation sites is 1. The van der Waals surface area contributed by atoms with Gasteiger partial charge in [0.25, 0.3) is 0 Å². The van der Waals surface area contributed by atoms with E-state index in [1.165, 1.54) is 0 Å². The largest absolute Gasteiger partial charge is 0.378 e. The van der Waals surface area contributed by atoms with E-state index in [2.05, 4.69) is 29.4 Å². The molecule has 1 unspecified atom stereocenters. The molecule has 0 aliphatic heterocycles. The fourth-order valence-corrected chi connectivity index (χ4v) is 2.61. The number of ether oxygens (including phenoxy) is 1. The molecule has 2 aromatic rings. The highest BCUT2D eigenvalue weighted by Crippen LogP contribution is 2.25. The van der Waals surface area contributed by atoms with Crippen molar-refractivity contribution in [2.24, 2.45) is 13.0 Å². The number of carbonyl (C=O) groups excluding carboxylic acids is 1. The lowest BCUT2D eigenvalue weighted by Gasteiger charge is -2.15. The highest BCUT2D eigenvalue weighted by Gasteiger charge is 2.12. The highest BCUT2D eigenvalue weighted by molar-refractivity contribution is 5.94. The zero-order valence-corrected chi connectivity index (χ0v) is 14.8. The summed E-state index contributed by atoms with van der Waals surface area (Å²) in [5, 5.41) is 10.9. The van der Waals surface area contributed by atoms with Crippen molar-refractivity contribution < 1.29 is 9.53 Å². The predicted molar refractivity (Wildman–Crippen MR) is 94.6 cm³/mol. The van der Waals surface area contributed by atoms with E-state index in [-0.39, 0.29) is 12.0 Å². The molecule has 24 heavy (non-hydrogen) atoms. The van der Waals surface area contributed by atoms with E-state index in [4.69, 9.17) is 4.74 Å². The van der Waals surface area contributed by atoms with E-state index < -0.39 is 0 Å². The second kappa shape index (κ2) is 8.59. The van der Waals surface area contributed by atoms with Crippen LogP contribution in [0.4, 0.5) is 5.69 Å². The summed E-state index contributed by atoms with van der Waals surface area (Å²) in [6.07, 6.45) is 3.13. The smallest absolute Gasteiger partial charge is 0.226 e. The van der Waals surface area contributed by atoms with Crippen molar-refractivity contribution in [2.45, 2.75) is 39.7 Å². The Morgan fingerprint density at radius 3 is 2.71 bits per heavy atom. The predicted octanol–water partition coefficient (Wildman–Crippen LogP) is 3.26. The molecule has 1 aromatic carbocycles. The maximum absolute atomic E-state index is 12.2. The Hall–Kier alpha value is -2.21. The van der Waals surface area contributed by atoms with Crippen LogP contribution in [0.25, 0.3) is 11.4 Å². The van der Waals surface area contributed by atoms with Gasteiger partial charge in [0.05, 0.1) is 24.8 Å². The second-order valence-corrected chi connectivity index (χ2v) is 6.42. The second-order valence-electron chi connectivity index (χ2n) is 6.42. The fourth-order valence-electron chi connectivity index (χ4n) is 2.61. The number of aromatic nitrogens is 3. The SMILES string of the molecule is CC(C)CC(C)OCCC(=O)Nc1ccccc1-c1nncn1C. The number of hydrogen-bond acceptors (Lipinski definition) is 4. The van der Waals surface area contributed by atoms with Crippen LogP contribution in [0.3, 0.4) is 0 Å². The molecule has 1 heterocycles. The van der Waals surface area contributed by atoms with Crippen molar-refractivity contribution in [2.75, 3.05) is 11.9 Å². The van der Waals surface area contributed by atoms with Crippen LogP contribution in [0.5, 0.6) is 0 Å². The number of carbonyl (C=O) groups is 1. The van der Waals surface area contributed by atoms with E-state index in [1.807, 2.05) is 42.8 Å². The standard InChI is InChI=1S/C18H26N4O2/c1-13(2)11-14(3)24-10-9-17(23)20-16-8-6-5-7-15(16)18-21-19-12-22(18)4/h5-8,12-14H,9-11H2,1-4H3,(H,20,23). The maximum atomic E-state index is 12.2. The minimum absolute atomic E-state index is 0.0682. The topological polar surface area (TPSA) is 69.0 Å². The number of benzene rings is 1. The Balaban J connectivity index is 1.92. The molecule has 0 radical (unpaired) electrons. The quantitative estimate of drug-likeness (QED) is 0.806. The molecule has 1 amide bonds. The minimum atomic E-state index is -0.0682. The minimum Gasteiger partial charge on any atom is -0.378 e. The van der Waals surface area contributed by atoms with Crippen LogP contribution in [0.15, 0.2) is 30.6 Å². The molecule has 0 saturated heterocycles. The number of nitrogens with one attached hydrogen (secondary N) is 1. The van der Waals surface area contributed by atoms with Gasteiger partial charge >= 0.3 is 0 Å². The molecule has 0 spiro atoms. The first-order valence-electron chi connectivity index (χ1n) is 8.32. The molecular formula is C18H26N4O2. The summed E-state index contributed by atoms with van der Waals surface area (Å²) in [5.41, 5.74) is 1.58. The molecule has 0 fully saturated rings. The molecule has 6 nitrogen and oxygen atoms in total. The van der Waals surface area contributed by atoms with Crippen molar-refractivity contribution in [3.63, 3.8) is 0 Å². The van der Waals surface area contributed by atoms with Gasteiger partial charge in [-0.25, -0.2) is 0 Å². The molecule has 1 atom stereocenters. The molecule has 6 heteroatoms. The lowest BCUT2D eigenvalue weighted by molar-refractivity contribution is -0.117. The van der Waals surface area contributed by atoms with Gasteiger partial charge in [-0.3, -0.25) is 4.79 Å². The summed E-state index contributed by atoms with van der Waals surface area (Å²) in [7, 11) is 1.87. The summed E-state index contributed by atoms with van der Waals surface area (Å²) in [5.74, 6) is 1.24. The first-order chi connectivity index (χ1) is 11.5. The van der Waals surface area contributed by atoms with Crippen molar-refractivity contribution in [3.05, 3.63) is 30.6 Å². The Morgan fingerprint density at radius 1 is 1.29 bits per heavy atom. The molecular weight excluding hydrogens is 304 g/mol. The van der Waals surface area contributed by atoms with Crippen LogP contribution in [0.2, 0.25) is 0 Å². The molecule has 0 aliphatic rings. The molecule has 130 valence electrons. The zero-order valence-electron chi connectivity index (χ0n) is 14.8. The normalized spacial score (nSPS) is 12.4. The van der Waals surface area contributed by atoms with E-state index in [0.29, 0.717) is 24.8 Å². The van der Waals surface area contributed by atoms with Gasteiger partial charge in [-0.15, -0.1) is 10.2 Å². The third-order valence-electron chi connectivity index (χ3n) is 3.69. The van der Waals surface area contributed by atoms with Gasteiger partial charge in [0.2, 0.25) is 5.91 Å². The van der Waals surface area contributed by atoms with E-state index in [9.17, 15) is 4.79 Å². The van der Waals surface area contributed by atoms with Gasteiger partial charge in [0, 0.05) is 12.6 Å². The zero-order chi connectivity index (χ0) is 17.5. The van der Waals surface area contributed by atoms with Gasteiger partial charge in [0.15, 0.2) is 5.82 Å². The Labute approximate surface area is 143 Å². The van der Waals surface area contributed by atoms with Gasteiger partial charge in [-0.1, -0.05) is 26.0 Å².